The number of hydrogen-bond acceptors (Lipinski definition) is 5. The molecule has 1 fully saturated rings. The summed E-state index contributed by atoms with van der Waals surface area (Å²) >= 11 is 0. The summed E-state index contributed by atoms with van der Waals surface area (Å²) in [5.74, 6) is 1.48. The van der Waals surface area contributed by atoms with Crippen molar-refractivity contribution in [2.24, 2.45) is 0 Å². The van der Waals surface area contributed by atoms with E-state index in [9.17, 15) is 0 Å². The van der Waals surface area contributed by atoms with Gasteiger partial charge in [0.2, 0.25) is 0 Å². The van der Waals surface area contributed by atoms with Crippen LogP contribution in [-0.2, 0) is 6.42 Å². The third-order valence-electron chi connectivity index (χ3n) is 3.50. The molecule has 1 aliphatic rings. The molecule has 1 aliphatic heterocycles. The molecule has 1 aromatic heterocycles. The van der Waals surface area contributed by atoms with Crippen molar-refractivity contribution in [2.75, 3.05) is 37.2 Å². The van der Waals surface area contributed by atoms with Gasteiger partial charge in [-0.15, -0.1) is 0 Å². The lowest BCUT2D eigenvalue weighted by molar-refractivity contribution is 0.237. The fraction of sp³-hybridized carbons (Fsp3) is 0.692. The zero-order valence-corrected chi connectivity index (χ0v) is 11.2. The lowest BCUT2D eigenvalue weighted by atomic mass is 10.1. The van der Waals surface area contributed by atoms with Gasteiger partial charge in [0.05, 0.1) is 0 Å². The molecule has 5 nitrogen and oxygen atoms in total. The van der Waals surface area contributed by atoms with E-state index in [0.717, 1.165) is 30.9 Å². The highest BCUT2D eigenvalue weighted by Gasteiger charge is 2.10. The van der Waals surface area contributed by atoms with E-state index in [1.807, 2.05) is 0 Å². The number of nitrogen functional groups attached to an aromatic ring is 1. The molecule has 1 aromatic rings. The number of aromatic nitrogens is 2. The lowest BCUT2D eigenvalue weighted by Crippen LogP contribution is -2.33. The molecule has 0 aliphatic carbocycles. The maximum absolute atomic E-state index is 5.84. The van der Waals surface area contributed by atoms with Crippen LogP contribution >= 0.6 is 0 Å². The van der Waals surface area contributed by atoms with Crippen molar-refractivity contribution in [3.05, 3.63) is 11.9 Å². The first kappa shape index (κ1) is 13.1. The molecular weight excluding hydrogens is 226 g/mol. The van der Waals surface area contributed by atoms with Crippen LogP contribution in [0.15, 0.2) is 6.33 Å². The van der Waals surface area contributed by atoms with E-state index in [-0.39, 0.29) is 0 Å². The Balaban J connectivity index is 1.84. The minimum atomic E-state index is 0.591. The largest absolute Gasteiger partial charge is 0.383 e. The first-order valence-corrected chi connectivity index (χ1v) is 6.87. The van der Waals surface area contributed by atoms with Gasteiger partial charge in [0.1, 0.15) is 18.0 Å². The number of piperidine rings is 1. The molecule has 0 bridgehead atoms. The SMILES string of the molecule is CCc1c(N)ncnc1NCCN1CCCCC1. The van der Waals surface area contributed by atoms with Gasteiger partial charge in [-0.2, -0.15) is 0 Å². The van der Waals surface area contributed by atoms with Crippen molar-refractivity contribution in [1.29, 1.82) is 0 Å². The maximum atomic E-state index is 5.84. The Morgan fingerprint density at radius 1 is 1.28 bits per heavy atom. The third-order valence-corrected chi connectivity index (χ3v) is 3.50. The smallest absolute Gasteiger partial charge is 0.134 e. The molecule has 0 atom stereocenters. The summed E-state index contributed by atoms with van der Waals surface area (Å²) in [4.78, 5) is 10.8. The molecule has 0 spiro atoms. The van der Waals surface area contributed by atoms with Crippen LogP contribution in [0.2, 0.25) is 0 Å². The highest BCUT2D eigenvalue weighted by atomic mass is 15.1. The zero-order chi connectivity index (χ0) is 12.8. The Morgan fingerprint density at radius 3 is 2.78 bits per heavy atom. The van der Waals surface area contributed by atoms with E-state index in [1.165, 1.54) is 38.7 Å². The average molecular weight is 249 g/mol. The molecule has 5 heteroatoms. The predicted molar refractivity (Wildman–Crippen MR) is 74.6 cm³/mol. The highest BCUT2D eigenvalue weighted by molar-refractivity contribution is 5.54. The topological polar surface area (TPSA) is 67.1 Å². The molecular formula is C13H23N5. The second-order valence-corrected chi connectivity index (χ2v) is 4.77. The molecule has 2 heterocycles. The van der Waals surface area contributed by atoms with Gasteiger partial charge in [-0.1, -0.05) is 13.3 Å². The highest BCUT2D eigenvalue weighted by Crippen LogP contribution is 2.17. The van der Waals surface area contributed by atoms with Crippen molar-refractivity contribution in [2.45, 2.75) is 32.6 Å². The second kappa shape index (κ2) is 6.54. The van der Waals surface area contributed by atoms with E-state index in [4.69, 9.17) is 5.73 Å². The summed E-state index contributed by atoms with van der Waals surface area (Å²) < 4.78 is 0. The van der Waals surface area contributed by atoms with Crippen molar-refractivity contribution >= 4 is 11.6 Å². The summed E-state index contributed by atoms with van der Waals surface area (Å²) in [6.07, 6.45) is 6.43. The number of rotatable bonds is 5. The third kappa shape index (κ3) is 3.32. The van der Waals surface area contributed by atoms with Gasteiger partial charge >= 0.3 is 0 Å². The molecule has 18 heavy (non-hydrogen) atoms. The van der Waals surface area contributed by atoms with Crippen LogP contribution in [0.25, 0.3) is 0 Å². The monoisotopic (exact) mass is 249 g/mol. The fourth-order valence-electron chi connectivity index (χ4n) is 2.44. The summed E-state index contributed by atoms with van der Waals surface area (Å²) in [7, 11) is 0. The van der Waals surface area contributed by atoms with E-state index in [2.05, 4.69) is 27.1 Å². The molecule has 0 amide bonds. The summed E-state index contributed by atoms with van der Waals surface area (Å²) in [6.45, 7) is 6.53. The van der Waals surface area contributed by atoms with Crippen molar-refractivity contribution in [3.63, 3.8) is 0 Å². The Morgan fingerprint density at radius 2 is 2.06 bits per heavy atom. The summed E-state index contributed by atoms with van der Waals surface area (Å²) in [6, 6.07) is 0. The van der Waals surface area contributed by atoms with Gasteiger partial charge in [-0.3, -0.25) is 0 Å². The fourth-order valence-corrected chi connectivity index (χ4v) is 2.44. The Kier molecular flexibility index (Phi) is 4.75. The van der Waals surface area contributed by atoms with Crippen LogP contribution < -0.4 is 11.1 Å². The first-order chi connectivity index (χ1) is 8.81. The van der Waals surface area contributed by atoms with Crippen LogP contribution in [0.1, 0.15) is 31.7 Å². The zero-order valence-electron chi connectivity index (χ0n) is 11.2. The van der Waals surface area contributed by atoms with Crippen LogP contribution in [-0.4, -0.2) is 41.0 Å². The quantitative estimate of drug-likeness (QED) is 0.828. The minimum absolute atomic E-state index is 0.591. The maximum Gasteiger partial charge on any atom is 0.134 e. The van der Waals surface area contributed by atoms with Gasteiger partial charge in [-0.05, 0) is 32.4 Å². The molecule has 3 N–H and O–H groups in total. The predicted octanol–water partition coefficient (Wildman–Crippen LogP) is 1.52. The second-order valence-electron chi connectivity index (χ2n) is 4.77. The van der Waals surface area contributed by atoms with E-state index < -0.39 is 0 Å². The molecule has 0 aromatic carbocycles. The van der Waals surface area contributed by atoms with Crippen molar-refractivity contribution in [3.8, 4) is 0 Å². The van der Waals surface area contributed by atoms with Gasteiger partial charge in [0, 0.05) is 18.7 Å². The molecule has 0 radical (unpaired) electrons. The van der Waals surface area contributed by atoms with Crippen LogP contribution in [0.5, 0.6) is 0 Å². The molecule has 1 saturated heterocycles. The Hall–Kier alpha value is -1.36. The van der Waals surface area contributed by atoms with Crippen molar-refractivity contribution < 1.29 is 0 Å². The van der Waals surface area contributed by atoms with Gasteiger partial charge in [0.25, 0.3) is 0 Å². The minimum Gasteiger partial charge on any atom is -0.383 e. The number of nitrogens with two attached hydrogens (primary N) is 1. The van der Waals surface area contributed by atoms with Gasteiger partial charge < -0.3 is 16.0 Å². The summed E-state index contributed by atoms with van der Waals surface area (Å²) in [5, 5.41) is 3.38. The number of nitrogens with one attached hydrogen (secondary N) is 1. The van der Waals surface area contributed by atoms with Crippen molar-refractivity contribution in [1.82, 2.24) is 14.9 Å². The number of nitrogens with zero attached hydrogens (tertiary/aromatic N) is 3. The Bertz CT molecular complexity index is 374. The van der Waals surface area contributed by atoms with Crippen LogP contribution in [0, 0.1) is 0 Å². The normalized spacial score (nSPS) is 16.7. The van der Waals surface area contributed by atoms with Gasteiger partial charge in [-0.25, -0.2) is 9.97 Å². The molecule has 0 saturated carbocycles. The molecule has 2 rings (SSSR count). The average Bonchev–Trinajstić information content (AvgIpc) is 2.40. The number of hydrogen-bond donors (Lipinski definition) is 2. The van der Waals surface area contributed by atoms with Gasteiger partial charge in [0.15, 0.2) is 0 Å². The number of likely N-dealkylation sites (tertiary alicyclic amines) is 1. The first-order valence-electron chi connectivity index (χ1n) is 6.87. The summed E-state index contributed by atoms with van der Waals surface area (Å²) in [5.41, 5.74) is 6.87. The Labute approximate surface area is 109 Å². The standard InChI is InChI=1S/C13H23N5/c1-2-11-12(14)16-10-17-13(11)15-6-9-18-7-4-3-5-8-18/h10H,2-9H2,1H3,(H3,14,15,16,17). The number of anilines is 2. The van der Waals surface area contributed by atoms with E-state index >= 15 is 0 Å². The lowest BCUT2D eigenvalue weighted by Gasteiger charge is -2.26. The van der Waals surface area contributed by atoms with Crippen LogP contribution in [0.3, 0.4) is 0 Å². The van der Waals surface area contributed by atoms with E-state index in [1.54, 1.807) is 0 Å². The molecule has 0 unspecified atom stereocenters. The molecule has 100 valence electrons. The van der Waals surface area contributed by atoms with E-state index in [0.29, 0.717) is 5.82 Å². The van der Waals surface area contributed by atoms with Crippen LogP contribution in [0.4, 0.5) is 11.6 Å².